The molecule has 1 fully saturated rings. The number of ether oxygens (including phenoxy) is 2. The van der Waals surface area contributed by atoms with Crippen LogP contribution in [0.1, 0.15) is 23.6 Å². The summed E-state index contributed by atoms with van der Waals surface area (Å²) < 4.78 is 12.4. The SMILES string of the molecule is CCn1cc(CN2C(=O)/C(=C\c3ccc(OC)c(COC)c3)NC2=S)cn1. The monoisotopic (exact) mass is 386 g/mol. The van der Waals surface area contributed by atoms with Crippen molar-refractivity contribution in [2.24, 2.45) is 0 Å². The number of aryl methyl sites for hydroxylation is 1. The number of hydrogen-bond donors (Lipinski definition) is 1. The molecular formula is C19H22N4O3S. The number of hydrogen-bond acceptors (Lipinski definition) is 5. The maximum absolute atomic E-state index is 12.8. The number of aromatic nitrogens is 2. The van der Waals surface area contributed by atoms with Gasteiger partial charge < -0.3 is 14.8 Å². The first kappa shape index (κ1) is 19.1. The van der Waals surface area contributed by atoms with Gasteiger partial charge in [0.2, 0.25) is 0 Å². The Morgan fingerprint density at radius 2 is 2.15 bits per heavy atom. The summed E-state index contributed by atoms with van der Waals surface area (Å²) in [5, 5.41) is 7.63. The zero-order valence-corrected chi connectivity index (χ0v) is 16.4. The van der Waals surface area contributed by atoms with Gasteiger partial charge in [-0.05, 0) is 42.9 Å². The van der Waals surface area contributed by atoms with Crippen LogP contribution in [-0.4, -0.2) is 39.9 Å². The van der Waals surface area contributed by atoms with Gasteiger partial charge in [-0.1, -0.05) is 6.07 Å². The lowest BCUT2D eigenvalue weighted by Gasteiger charge is -2.12. The molecule has 0 spiro atoms. The summed E-state index contributed by atoms with van der Waals surface area (Å²) in [7, 11) is 3.25. The van der Waals surface area contributed by atoms with Crippen molar-refractivity contribution in [3.63, 3.8) is 0 Å². The number of methoxy groups -OCH3 is 2. The van der Waals surface area contributed by atoms with E-state index < -0.39 is 0 Å². The van der Waals surface area contributed by atoms with Crippen molar-refractivity contribution in [1.29, 1.82) is 0 Å². The zero-order chi connectivity index (χ0) is 19.4. The van der Waals surface area contributed by atoms with Crippen molar-refractivity contribution in [1.82, 2.24) is 20.0 Å². The molecule has 0 atom stereocenters. The Kier molecular flexibility index (Phi) is 5.88. The maximum atomic E-state index is 12.8. The molecule has 7 nitrogen and oxygen atoms in total. The lowest BCUT2D eigenvalue weighted by molar-refractivity contribution is -0.122. The number of rotatable bonds is 7. The van der Waals surface area contributed by atoms with E-state index >= 15 is 0 Å². The van der Waals surface area contributed by atoms with Gasteiger partial charge >= 0.3 is 0 Å². The van der Waals surface area contributed by atoms with Gasteiger partial charge in [0.15, 0.2) is 5.11 Å². The second-order valence-electron chi connectivity index (χ2n) is 6.09. The standard InChI is InChI=1S/C19H22N4O3S/c1-4-22-10-14(9-20-22)11-23-18(24)16(21-19(23)27)8-13-5-6-17(26-3)15(7-13)12-25-2/h5-10H,4,11-12H2,1-3H3,(H,21,27)/b16-8+. The first-order valence-corrected chi connectivity index (χ1v) is 8.98. The number of nitrogens with one attached hydrogen (secondary N) is 1. The summed E-state index contributed by atoms with van der Waals surface area (Å²) in [6.45, 7) is 3.60. The third-order valence-electron chi connectivity index (χ3n) is 4.23. The molecule has 2 heterocycles. The Morgan fingerprint density at radius 3 is 2.81 bits per heavy atom. The fourth-order valence-electron chi connectivity index (χ4n) is 2.88. The lowest BCUT2D eigenvalue weighted by Crippen LogP contribution is -2.29. The molecule has 1 aromatic heterocycles. The van der Waals surface area contributed by atoms with E-state index in [1.807, 2.05) is 36.0 Å². The van der Waals surface area contributed by atoms with Crippen molar-refractivity contribution in [3.8, 4) is 5.75 Å². The average Bonchev–Trinajstić information content (AvgIpc) is 3.22. The Balaban J connectivity index is 1.80. The molecule has 27 heavy (non-hydrogen) atoms. The van der Waals surface area contributed by atoms with Crippen LogP contribution in [0.25, 0.3) is 6.08 Å². The normalized spacial score (nSPS) is 15.5. The molecule has 1 N–H and O–H groups in total. The molecule has 1 saturated heterocycles. The molecular weight excluding hydrogens is 364 g/mol. The van der Waals surface area contributed by atoms with Crippen LogP contribution in [0.4, 0.5) is 0 Å². The van der Waals surface area contributed by atoms with E-state index in [1.165, 1.54) is 4.90 Å². The number of carbonyl (C=O) groups is 1. The van der Waals surface area contributed by atoms with Crippen LogP contribution in [0.15, 0.2) is 36.3 Å². The minimum absolute atomic E-state index is 0.159. The molecule has 0 aliphatic carbocycles. The highest BCUT2D eigenvalue weighted by Gasteiger charge is 2.30. The van der Waals surface area contributed by atoms with Crippen LogP contribution < -0.4 is 10.1 Å². The van der Waals surface area contributed by atoms with Gasteiger partial charge in [0.25, 0.3) is 5.91 Å². The van der Waals surface area contributed by atoms with Crippen molar-refractivity contribution in [2.75, 3.05) is 14.2 Å². The van der Waals surface area contributed by atoms with Crippen LogP contribution in [0.2, 0.25) is 0 Å². The van der Waals surface area contributed by atoms with Gasteiger partial charge in [0, 0.05) is 31.0 Å². The van der Waals surface area contributed by atoms with E-state index in [0.29, 0.717) is 24.0 Å². The molecule has 0 unspecified atom stereocenters. The summed E-state index contributed by atoms with van der Waals surface area (Å²) in [5.74, 6) is 0.586. The van der Waals surface area contributed by atoms with Gasteiger partial charge in [0.1, 0.15) is 11.4 Å². The minimum atomic E-state index is -0.159. The summed E-state index contributed by atoms with van der Waals surface area (Å²) >= 11 is 5.34. The number of thiocarbonyl (C=S) groups is 1. The molecule has 8 heteroatoms. The fourth-order valence-corrected chi connectivity index (χ4v) is 3.14. The molecule has 3 rings (SSSR count). The first-order valence-electron chi connectivity index (χ1n) is 8.57. The second-order valence-corrected chi connectivity index (χ2v) is 6.47. The largest absolute Gasteiger partial charge is 0.496 e. The molecule has 1 aromatic carbocycles. The highest BCUT2D eigenvalue weighted by atomic mass is 32.1. The van der Waals surface area contributed by atoms with Gasteiger partial charge in [-0.25, -0.2) is 0 Å². The van der Waals surface area contributed by atoms with Crippen LogP contribution in [0, 0.1) is 0 Å². The fraction of sp³-hybridized carbons (Fsp3) is 0.316. The van der Waals surface area contributed by atoms with Crippen LogP contribution in [0.3, 0.4) is 0 Å². The molecule has 0 bridgehead atoms. The summed E-state index contributed by atoms with van der Waals surface area (Å²) in [4.78, 5) is 14.3. The smallest absolute Gasteiger partial charge is 0.276 e. The van der Waals surface area contributed by atoms with E-state index in [0.717, 1.165) is 29.0 Å². The van der Waals surface area contributed by atoms with E-state index in [4.69, 9.17) is 21.7 Å². The predicted molar refractivity (Wildman–Crippen MR) is 106 cm³/mol. The molecule has 0 saturated carbocycles. The second kappa shape index (κ2) is 8.32. The topological polar surface area (TPSA) is 68.6 Å². The first-order chi connectivity index (χ1) is 13.0. The van der Waals surface area contributed by atoms with E-state index in [1.54, 1.807) is 26.5 Å². The lowest BCUT2D eigenvalue weighted by atomic mass is 10.1. The predicted octanol–water partition coefficient (Wildman–Crippen LogP) is 2.32. The summed E-state index contributed by atoms with van der Waals surface area (Å²) in [5.41, 5.74) is 3.15. The third-order valence-corrected chi connectivity index (χ3v) is 4.55. The van der Waals surface area contributed by atoms with Crippen LogP contribution >= 0.6 is 12.2 Å². The van der Waals surface area contributed by atoms with Gasteiger partial charge in [-0.15, -0.1) is 0 Å². The maximum Gasteiger partial charge on any atom is 0.276 e. The number of nitrogens with zero attached hydrogens (tertiary/aromatic N) is 3. The Labute approximate surface area is 163 Å². The van der Waals surface area contributed by atoms with E-state index in [9.17, 15) is 4.79 Å². The Morgan fingerprint density at radius 1 is 1.33 bits per heavy atom. The van der Waals surface area contributed by atoms with Gasteiger partial charge in [-0.2, -0.15) is 5.10 Å². The number of carbonyl (C=O) groups excluding carboxylic acids is 1. The van der Waals surface area contributed by atoms with Crippen molar-refractivity contribution >= 4 is 29.3 Å². The van der Waals surface area contributed by atoms with E-state index in [2.05, 4.69) is 10.4 Å². The molecule has 1 amide bonds. The summed E-state index contributed by atoms with van der Waals surface area (Å²) in [6, 6.07) is 5.67. The van der Waals surface area contributed by atoms with Crippen molar-refractivity contribution in [3.05, 3.63) is 53.0 Å². The Hall–Kier alpha value is -2.71. The quantitative estimate of drug-likeness (QED) is 0.582. The van der Waals surface area contributed by atoms with Crippen molar-refractivity contribution in [2.45, 2.75) is 26.6 Å². The van der Waals surface area contributed by atoms with Gasteiger partial charge in [0.05, 0.1) is 26.5 Å². The number of benzene rings is 1. The highest BCUT2D eigenvalue weighted by Crippen LogP contribution is 2.23. The van der Waals surface area contributed by atoms with Crippen LogP contribution in [-0.2, 0) is 29.2 Å². The molecule has 2 aromatic rings. The molecule has 142 valence electrons. The van der Waals surface area contributed by atoms with Gasteiger partial charge in [-0.3, -0.25) is 14.4 Å². The van der Waals surface area contributed by atoms with Crippen molar-refractivity contribution < 1.29 is 14.3 Å². The highest BCUT2D eigenvalue weighted by molar-refractivity contribution is 7.80. The van der Waals surface area contributed by atoms with Crippen LogP contribution in [0.5, 0.6) is 5.75 Å². The summed E-state index contributed by atoms with van der Waals surface area (Å²) in [6.07, 6.45) is 5.45. The Bertz CT molecular complexity index is 891. The molecule has 1 aliphatic heterocycles. The minimum Gasteiger partial charge on any atom is -0.496 e. The molecule has 0 radical (unpaired) electrons. The zero-order valence-electron chi connectivity index (χ0n) is 15.6. The van der Waals surface area contributed by atoms with E-state index in [-0.39, 0.29) is 5.91 Å². The third kappa shape index (κ3) is 4.17. The molecule has 1 aliphatic rings. The number of amides is 1. The average molecular weight is 386 g/mol.